The zero-order valence-corrected chi connectivity index (χ0v) is 9.99. The van der Waals surface area contributed by atoms with Crippen molar-refractivity contribution >= 4 is 11.8 Å². The van der Waals surface area contributed by atoms with Crippen LogP contribution in [0.1, 0.15) is 25.7 Å². The van der Waals surface area contributed by atoms with Gasteiger partial charge in [0.05, 0.1) is 11.6 Å². The van der Waals surface area contributed by atoms with Crippen LogP contribution in [0.15, 0.2) is 23.6 Å². The summed E-state index contributed by atoms with van der Waals surface area (Å²) in [6, 6.07) is 1.91. The van der Waals surface area contributed by atoms with Gasteiger partial charge in [-0.05, 0) is 25.3 Å². The molecule has 1 saturated carbocycles. The molecule has 3 N–H and O–H groups in total. The molecule has 0 spiro atoms. The number of nitrogens with zero attached hydrogens (tertiary/aromatic N) is 2. The van der Waals surface area contributed by atoms with Crippen LogP contribution in [0.5, 0.6) is 0 Å². The summed E-state index contributed by atoms with van der Waals surface area (Å²) >= 11 is 1.74. The number of aromatic nitrogens is 2. The zero-order valence-electron chi connectivity index (χ0n) is 9.17. The van der Waals surface area contributed by atoms with Gasteiger partial charge in [0.25, 0.3) is 0 Å². The zero-order chi connectivity index (χ0) is 11.4. The number of hydrogen-bond acceptors (Lipinski definition) is 5. The predicted octanol–water partition coefficient (Wildman–Crippen LogP) is 1.20. The molecule has 1 aliphatic carbocycles. The maximum absolute atomic E-state index is 9.27. The van der Waals surface area contributed by atoms with E-state index in [-0.39, 0.29) is 12.1 Å². The molecule has 0 saturated heterocycles. The van der Waals surface area contributed by atoms with Crippen LogP contribution < -0.4 is 5.73 Å². The van der Waals surface area contributed by atoms with E-state index < -0.39 is 0 Å². The number of aliphatic hydroxyl groups excluding tert-OH is 1. The highest BCUT2D eigenvalue weighted by molar-refractivity contribution is 7.99. The van der Waals surface area contributed by atoms with Gasteiger partial charge in [-0.3, -0.25) is 0 Å². The van der Waals surface area contributed by atoms with Gasteiger partial charge < -0.3 is 10.8 Å². The maximum atomic E-state index is 9.27. The first-order valence-electron chi connectivity index (χ1n) is 5.54. The third-order valence-electron chi connectivity index (χ3n) is 2.99. The largest absolute Gasteiger partial charge is 0.394 e. The fourth-order valence-electron chi connectivity index (χ4n) is 2.10. The Kier molecular flexibility index (Phi) is 3.78. The second-order valence-electron chi connectivity index (χ2n) is 4.40. The molecule has 1 fully saturated rings. The van der Waals surface area contributed by atoms with Crippen LogP contribution in [0.3, 0.4) is 0 Å². The average molecular weight is 239 g/mol. The lowest BCUT2D eigenvalue weighted by Gasteiger charge is -2.36. The third-order valence-corrected chi connectivity index (χ3v) is 4.21. The Bertz CT molecular complexity index is 335. The Morgan fingerprint density at radius 1 is 1.62 bits per heavy atom. The Labute approximate surface area is 99.7 Å². The molecule has 1 aromatic heterocycles. The van der Waals surface area contributed by atoms with Crippen molar-refractivity contribution in [1.29, 1.82) is 0 Å². The SMILES string of the molecule is NC1(CO)CCCC(Sc2ccncn2)C1. The summed E-state index contributed by atoms with van der Waals surface area (Å²) in [6.07, 6.45) is 7.32. The lowest BCUT2D eigenvalue weighted by atomic mass is 9.83. The lowest BCUT2D eigenvalue weighted by Crippen LogP contribution is -2.48. The molecular formula is C11H17N3OS. The molecule has 0 aliphatic heterocycles. The van der Waals surface area contributed by atoms with E-state index >= 15 is 0 Å². The van der Waals surface area contributed by atoms with Crippen molar-refractivity contribution in [1.82, 2.24) is 9.97 Å². The van der Waals surface area contributed by atoms with Crippen LogP contribution in [0, 0.1) is 0 Å². The van der Waals surface area contributed by atoms with Gasteiger partial charge in [-0.2, -0.15) is 0 Å². The summed E-state index contributed by atoms with van der Waals surface area (Å²) < 4.78 is 0. The first-order chi connectivity index (χ1) is 7.72. The fraction of sp³-hybridized carbons (Fsp3) is 0.636. The van der Waals surface area contributed by atoms with Crippen molar-refractivity contribution < 1.29 is 5.11 Å². The van der Waals surface area contributed by atoms with Crippen LogP contribution in [-0.4, -0.2) is 32.5 Å². The van der Waals surface area contributed by atoms with Crippen molar-refractivity contribution in [2.24, 2.45) is 5.73 Å². The summed E-state index contributed by atoms with van der Waals surface area (Å²) in [6.45, 7) is 0.0772. The van der Waals surface area contributed by atoms with Crippen molar-refractivity contribution in [3.8, 4) is 0 Å². The van der Waals surface area contributed by atoms with Gasteiger partial charge in [0, 0.05) is 17.0 Å². The first-order valence-corrected chi connectivity index (χ1v) is 6.42. The summed E-state index contributed by atoms with van der Waals surface area (Å²) in [7, 11) is 0. The molecule has 2 atom stereocenters. The van der Waals surface area contributed by atoms with Crippen molar-refractivity contribution in [3.63, 3.8) is 0 Å². The van der Waals surface area contributed by atoms with Gasteiger partial charge in [-0.15, -0.1) is 11.8 Å². The molecule has 1 heterocycles. The van der Waals surface area contributed by atoms with Crippen molar-refractivity contribution in [3.05, 3.63) is 18.6 Å². The molecule has 4 nitrogen and oxygen atoms in total. The highest BCUT2D eigenvalue weighted by Crippen LogP contribution is 2.36. The summed E-state index contributed by atoms with van der Waals surface area (Å²) in [5.74, 6) is 0. The molecule has 88 valence electrons. The normalized spacial score (nSPS) is 30.2. The van der Waals surface area contributed by atoms with Gasteiger partial charge >= 0.3 is 0 Å². The highest BCUT2D eigenvalue weighted by Gasteiger charge is 2.32. The van der Waals surface area contributed by atoms with E-state index in [2.05, 4.69) is 9.97 Å². The van der Waals surface area contributed by atoms with Gasteiger partial charge in [-0.1, -0.05) is 6.42 Å². The van der Waals surface area contributed by atoms with E-state index in [1.54, 1.807) is 24.3 Å². The third kappa shape index (κ3) is 2.93. The van der Waals surface area contributed by atoms with E-state index in [0.717, 1.165) is 30.7 Å². The molecule has 5 heteroatoms. The first kappa shape index (κ1) is 11.8. The van der Waals surface area contributed by atoms with E-state index in [4.69, 9.17) is 5.73 Å². The fourth-order valence-corrected chi connectivity index (χ4v) is 3.39. The Morgan fingerprint density at radius 2 is 2.50 bits per heavy atom. The number of hydrogen-bond donors (Lipinski definition) is 2. The number of thioether (sulfide) groups is 1. The standard InChI is InChI=1S/C11H17N3OS/c12-11(7-15)4-1-2-9(6-11)16-10-3-5-13-8-14-10/h3,5,8-9,15H,1-2,4,6-7,12H2. The highest BCUT2D eigenvalue weighted by atomic mass is 32.2. The minimum absolute atomic E-state index is 0.0772. The van der Waals surface area contributed by atoms with Gasteiger partial charge in [0.1, 0.15) is 6.33 Å². The molecule has 0 bridgehead atoms. The van der Waals surface area contributed by atoms with Crippen LogP contribution in [0.2, 0.25) is 0 Å². The maximum Gasteiger partial charge on any atom is 0.116 e. The molecule has 2 unspecified atom stereocenters. The molecular weight excluding hydrogens is 222 g/mol. The molecule has 1 aliphatic rings. The molecule has 2 rings (SSSR count). The molecule has 16 heavy (non-hydrogen) atoms. The molecule has 0 aromatic carbocycles. The Balaban J connectivity index is 1.96. The van der Waals surface area contributed by atoms with Crippen LogP contribution in [-0.2, 0) is 0 Å². The second-order valence-corrected chi connectivity index (χ2v) is 5.72. The monoisotopic (exact) mass is 239 g/mol. The van der Waals surface area contributed by atoms with Crippen LogP contribution in [0.4, 0.5) is 0 Å². The number of nitrogens with two attached hydrogens (primary N) is 1. The molecule has 0 amide bonds. The quantitative estimate of drug-likeness (QED) is 0.775. The molecule has 1 aromatic rings. The average Bonchev–Trinajstić information content (AvgIpc) is 2.30. The summed E-state index contributed by atoms with van der Waals surface area (Å²) in [4.78, 5) is 8.09. The lowest BCUT2D eigenvalue weighted by molar-refractivity contribution is 0.159. The molecule has 0 radical (unpaired) electrons. The minimum Gasteiger partial charge on any atom is -0.394 e. The Morgan fingerprint density at radius 3 is 3.19 bits per heavy atom. The van der Waals surface area contributed by atoms with Crippen molar-refractivity contribution in [2.45, 2.75) is 41.5 Å². The van der Waals surface area contributed by atoms with E-state index in [1.165, 1.54) is 0 Å². The second kappa shape index (κ2) is 5.12. The van der Waals surface area contributed by atoms with Gasteiger partial charge in [0.15, 0.2) is 0 Å². The Hall–Kier alpha value is -0.650. The smallest absolute Gasteiger partial charge is 0.116 e. The van der Waals surface area contributed by atoms with E-state index in [1.807, 2.05) is 6.07 Å². The number of rotatable bonds is 3. The van der Waals surface area contributed by atoms with Gasteiger partial charge in [-0.25, -0.2) is 9.97 Å². The van der Waals surface area contributed by atoms with Crippen LogP contribution >= 0.6 is 11.8 Å². The van der Waals surface area contributed by atoms with Crippen molar-refractivity contribution in [2.75, 3.05) is 6.61 Å². The van der Waals surface area contributed by atoms with Crippen LogP contribution in [0.25, 0.3) is 0 Å². The summed E-state index contributed by atoms with van der Waals surface area (Å²) in [5.41, 5.74) is 5.72. The summed E-state index contributed by atoms with van der Waals surface area (Å²) in [5, 5.41) is 10.7. The van der Waals surface area contributed by atoms with E-state index in [0.29, 0.717) is 5.25 Å². The van der Waals surface area contributed by atoms with Gasteiger partial charge in [0.2, 0.25) is 0 Å². The van der Waals surface area contributed by atoms with E-state index in [9.17, 15) is 5.11 Å². The number of aliphatic hydroxyl groups is 1. The minimum atomic E-state index is -0.386. The predicted molar refractivity (Wildman–Crippen MR) is 64.1 cm³/mol. The topological polar surface area (TPSA) is 72.0 Å².